The van der Waals surface area contributed by atoms with Gasteiger partial charge in [0, 0.05) is 25.8 Å². The van der Waals surface area contributed by atoms with Crippen LogP contribution in [0.4, 0.5) is 11.6 Å². The number of nitrogens with zero attached hydrogens (tertiary/aromatic N) is 5. The van der Waals surface area contributed by atoms with Crippen LogP contribution in [-0.4, -0.2) is 28.3 Å². The molecule has 1 N–H and O–H groups in total. The zero-order chi connectivity index (χ0) is 14.5. The molecule has 1 saturated heterocycles. The summed E-state index contributed by atoms with van der Waals surface area (Å²) < 4.78 is 0. The van der Waals surface area contributed by atoms with Crippen molar-refractivity contribution in [1.29, 1.82) is 5.26 Å². The van der Waals surface area contributed by atoms with E-state index >= 15 is 0 Å². The first kappa shape index (κ1) is 13.3. The first-order chi connectivity index (χ1) is 10.3. The second-order valence-electron chi connectivity index (χ2n) is 4.99. The standard InChI is InChI=1S/C15H16N6/c16-10-13-3-4-14(20-19-13)18-11-12-5-6-17-15(9-12)21-7-1-2-8-21/h3-6,9H,1-2,7-8,11H2,(H,18,20). The van der Waals surface area contributed by atoms with Crippen LogP contribution in [0.25, 0.3) is 0 Å². The number of rotatable bonds is 4. The maximum Gasteiger partial charge on any atom is 0.163 e. The van der Waals surface area contributed by atoms with Gasteiger partial charge in [-0.1, -0.05) is 0 Å². The van der Waals surface area contributed by atoms with Gasteiger partial charge in [-0.25, -0.2) is 4.98 Å². The summed E-state index contributed by atoms with van der Waals surface area (Å²) in [6.45, 7) is 2.83. The lowest BCUT2D eigenvalue weighted by Crippen LogP contribution is -2.19. The summed E-state index contributed by atoms with van der Waals surface area (Å²) in [5, 5.41) is 19.6. The number of pyridine rings is 1. The maximum atomic E-state index is 8.69. The van der Waals surface area contributed by atoms with Gasteiger partial charge in [0.25, 0.3) is 0 Å². The Hall–Kier alpha value is -2.68. The van der Waals surface area contributed by atoms with Gasteiger partial charge in [0.2, 0.25) is 0 Å². The van der Waals surface area contributed by atoms with Crippen molar-refractivity contribution in [3.63, 3.8) is 0 Å². The van der Waals surface area contributed by atoms with Crippen molar-refractivity contribution in [2.75, 3.05) is 23.3 Å². The quantitative estimate of drug-likeness (QED) is 0.922. The molecule has 0 radical (unpaired) electrons. The predicted molar refractivity (Wildman–Crippen MR) is 79.8 cm³/mol. The fraction of sp³-hybridized carbons (Fsp3) is 0.333. The monoisotopic (exact) mass is 280 g/mol. The van der Waals surface area contributed by atoms with E-state index in [2.05, 4.69) is 31.5 Å². The van der Waals surface area contributed by atoms with Crippen LogP contribution >= 0.6 is 0 Å². The lowest BCUT2D eigenvalue weighted by molar-refractivity contribution is 0.929. The molecular formula is C15H16N6. The van der Waals surface area contributed by atoms with E-state index in [1.807, 2.05) is 18.3 Å². The van der Waals surface area contributed by atoms with Crippen molar-refractivity contribution in [1.82, 2.24) is 15.2 Å². The molecule has 0 saturated carbocycles. The van der Waals surface area contributed by atoms with E-state index in [1.165, 1.54) is 12.8 Å². The minimum Gasteiger partial charge on any atom is -0.365 e. The van der Waals surface area contributed by atoms with Crippen molar-refractivity contribution < 1.29 is 0 Å². The molecule has 21 heavy (non-hydrogen) atoms. The van der Waals surface area contributed by atoms with Crippen molar-refractivity contribution in [2.45, 2.75) is 19.4 Å². The molecule has 0 aromatic carbocycles. The van der Waals surface area contributed by atoms with Crippen LogP contribution < -0.4 is 10.2 Å². The summed E-state index contributed by atoms with van der Waals surface area (Å²) in [5.41, 5.74) is 1.47. The third kappa shape index (κ3) is 3.26. The van der Waals surface area contributed by atoms with E-state index in [9.17, 15) is 0 Å². The van der Waals surface area contributed by atoms with Gasteiger partial charge >= 0.3 is 0 Å². The Morgan fingerprint density at radius 1 is 1.19 bits per heavy atom. The predicted octanol–water partition coefficient (Wildman–Crippen LogP) is 1.96. The summed E-state index contributed by atoms with van der Waals surface area (Å²) in [7, 11) is 0. The van der Waals surface area contributed by atoms with Gasteiger partial charge in [-0.2, -0.15) is 5.26 Å². The van der Waals surface area contributed by atoms with Crippen LogP contribution in [-0.2, 0) is 6.54 Å². The highest BCUT2D eigenvalue weighted by atomic mass is 15.2. The summed E-state index contributed by atoms with van der Waals surface area (Å²) in [6.07, 6.45) is 4.32. The molecule has 6 heteroatoms. The molecular weight excluding hydrogens is 264 g/mol. The normalized spacial score (nSPS) is 14.0. The van der Waals surface area contributed by atoms with Gasteiger partial charge in [0.15, 0.2) is 5.69 Å². The van der Waals surface area contributed by atoms with Gasteiger partial charge < -0.3 is 10.2 Å². The Morgan fingerprint density at radius 3 is 2.76 bits per heavy atom. The average Bonchev–Trinajstić information content (AvgIpc) is 3.08. The van der Waals surface area contributed by atoms with Crippen molar-refractivity contribution in [3.05, 3.63) is 41.7 Å². The number of hydrogen-bond donors (Lipinski definition) is 1. The molecule has 0 atom stereocenters. The van der Waals surface area contributed by atoms with Crippen molar-refractivity contribution in [2.24, 2.45) is 0 Å². The maximum absolute atomic E-state index is 8.69. The lowest BCUT2D eigenvalue weighted by atomic mass is 10.2. The molecule has 0 spiro atoms. The SMILES string of the molecule is N#Cc1ccc(NCc2ccnc(N3CCCC3)c2)nn1. The molecule has 0 aliphatic carbocycles. The molecule has 1 aliphatic rings. The molecule has 6 nitrogen and oxygen atoms in total. The molecule has 0 amide bonds. The van der Waals surface area contributed by atoms with Gasteiger partial charge in [-0.05, 0) is 42.7 Å². The molecule has 3 rings (SSSR count). The third-order valence-corrected chi connectivity index (χ3v) is 3.49. The molecule has 1 aliphatic heterocycles. The van der Waals surface area contributed by atoms with Gasteiger partial charge in [0.05, 0.1) is 0 Å². The van der Waals surface area contributed by atoms with Gasteiger partial charge in [-0.3, -0.25) is 0 Å². The van der Waals surface area contributed by atoms with E-state index in [1.54, 1.807) is 12.1 Å². The zero-order valence-corrected chi connectivity index (χ0v) is 11.7. The smallest absolute Gasteiger partial charge is 0.163 e. The number of anilines is 2. The second kappa shape index (κ2) is 6.18. The average molecular weight is 280 g/mol. The second-order valence-corrected chi connectivity index (χ2v) is 4.99. The molecule has 2 aromatic rings. The van der Waals surface area contributed by atoms with Gasteiger partial charge in [-0.15, -0.1) is 10.2 Å². The summed E-state index contributed by atoms with van der Waals surface area (Å²) in [4.78, 5) is 6.74. The Kier molecular flexibility index (Phi) is 3.92. The topological polar surface area (TPSA) is 77.7 Å². The van der Waals surface area contributed by atoms with Crippen LogP contribution in [0.2, 0.25) is 0 Å². The number of aromatic nitrogens is 3. The van der Waals surface area contributed by atoms with Crippen LogP contribution in [0.1, 0.15) is 24.1 Å². The number of nitrogens with one attached hydrogen (secondary N) is 1. The molecule has 2 aromatic heterocycles. The highest BCUT2D eigenvalue weighted by molar-refractivity contribution is 5.43. The molecule has 106 valence electrons. The molecule has 0 unspecified atom stereocenters. The number of nitriles is 1. The van der Waals surface area contributed by atoms with E-state index in [4.69, 9.17) is 5.26 Å². The van der Waals surface area contributed by atoms with Gasteiger partial charge in [0.1, 0.15) is 17.7 Å². The Morgan fingerprint density at radius 2 is 2.05 bits per heavy atom. The van der Waals surface area contributed by atoms with E-state index in [-0.39, 0.29) is 0 Å². The first-order valence-electron chi connectivity index (χ1n) is 7.03. The van der Waals surface area contributed by atoms with Crippen LogP contribution in [0.3, 0.4) is 0 Å². The van der Waals surface area contributed by atoms with Crippen molar-refractivity contribution in [3.8, 4) is 6.07 Å². The van der Waals surface area contributed by atoms with Crippen LogP contribution in [0.15, 0.2) is 30.5 Å². The molecule has 0 bridgehead atoms. The number of hydrogen-bond acceptors (Lipinski definition) is 6. The minimum atomic E-state index is 0.320. The van der Waals surface area contributed by atoms with E-state index in [0.717, 1.165) is 24.5 Å². The zero-order valence-electron chi connectivity index (χ0n) is 11.7. The third-order valence-electron chi connectivity index (χ3n) is 3.49. The van der Waals surface area contributed by atoms with Crippen molar-refractivity contribution >= 4 is 11.6 Å². The fourth-order valence-electron chi connectivity index (χ4n) is 2.37. The van der Waals surface area contributed by atoms with E-state index < -0.39 is 0 Å². The van der Waals surface area contributed by atoms with Crippen LogP contribution in [0.5, 0.6) is 0 Å². The van der Waals surface area contributed by atoms with Crippen LogP contribution in [0, 0.1) is 11.3 Å². The summed E-state index contributed by atoms with van der Waals surface area (Å²) in [6, 6.07) is 9.46. The Balaban J connectivity index is 1.64. The Bertz CT molecular complexity index is 640. The summed E-state index contributed by atoms with van der Waals surface area (Å²) in [5.74, 6) is 1.70. The highest BCUT2D eigenvalue weighted by Crippen LogP contribution is 2.18. The van der Waals surface area contributed by atoms with E-state index in [0.29, 0.717) is 18.1 Å². The fourth-order valence-corrected chi connectivity index (χ4v) is 2.37. The summed E-state index contributed by atoms with van der Waals surface area (Å²) >= 11 is 0. The first-order valence-corrected chi connectivity index (χ1v) is 7.03. The highest BCUT2D eigenvalue weighted by Gasteiger charge is 2.13. The lowest BCUT2D eigenvalue weighted by Gasteiger charge is -2.17. The molecule has 3 heterocycles. The minimum absolute atomic E-state index is 0.320. The molecule has 1 fully saturated rings. The Labute approximate surface area is 123 Å². The largest absolute Gasteiger partial charge is 0.365 e.